The normalized spacial score (nSPS) is 10.3. The zero-order valence-electron chi connectivity index (χ0n) is 13.5. The summed E-state index contributed by atoms with van der Waals surface area (Å²) in [6, 6.07) is 12.2. The molecule has 0 bridgehead atoms. The van der Waals surface area contributed by atoms with Crippen LogP contribution in [0.5, 0.6) is 0 Å². The quantitative estimate of drug-likeness (QED) is 0.861. The molecule has 0 radical (unpaired) electrons. The van der Waals surface area contributed by atoms with E-state index in [9.17, 15) is 9.59 Å². The first-order valence-corrected chi connectivity index (χ1v) is 8.25. The second kappa shape index (κ2) is 8.18. The lowest BCUT2D eigenvalue weighted by Crippen LogP contribution is -2.35. The Kier molecular flexibility index (Phi) is 6.23. The van der Waals surface area contributed by atoms with Gasteiger partial charge in [-0.05, 0) is 36.2 Å². The van der Waals surface area contributed by atoms with Gasteiger partial charge in [0, 0.05) is 28.3 Å². The van der Waals surface area contributed by atoms with Crippen molar-refractivity contribution in [1.29, 1.82) is 0 Å². The Morgan fingerprint density at radius 2 is 1.71 bits per heavy atom. The number of anilines is 1. The van der Waals surface area contributed by atoms with Crippen LogP contribution in [0.1, 0.15) is 22.8 Å². The van der Waals surface area contributed by atoms with Gasteiger partial charge in [0.05, 0.1) is 6.54 Å². The first-order chi connectivity index (χ1) is 11.4. The fourth-order valence-electron chi connectivity index (χ4n) is 2.33. The molecule has 0 aliphatic carbocycles. The zero-order valence-corrected chi connectivity index (χ0v) is 15.0. The van der Waals surface area contributed by atoms with Gasteiger partial charge in [0.25, 0.3) is 5.91 Å². The number of nitrogens with one attached hydrogen (secondary N) is 1. The summed E-state index contributed by atoms with van der Waals surface area (Å²) in [4.78, 5) is 25.9. The monoisotopic (exact) mass is 364 g/mol. The Morgan fingerprint density at radius 1 is 1.08 bits per heavy atom. The molecule has 0 aliphatic heterocycles. The average molecular weight is 365 g/mol. The molecule has 0 aliphatic rings. The first-order valence-electron chi connectivity index (χ1n) is 7.50. The summed E-state index contributed by atoms with van der Waals surface area (Å²) in [5.74, 6) is -0.585. The highest BCUT2D eigenvalue weighted by atomic mass is 35.5. The summed E-state index contributed by atoms with van der Waals surface area (Å²) >= 11 is 11.8. The summed E-state index contributed by atoms with van der Waals surface area (Å²) in [6.07, 6.45) is 0.812. The summed E-state index contributed by atoms with van der Waals surface area (Å²) in [5, 5.41) is 3.59. The number of amides is 2. The number of para-hydroxylation sites is 1. The lowest BCUT2D eigenvalue weighted by Gasteiger charge is -2.18. The molecular formula is C18H18Cl2N2O2. The predicted molar refractivity (Wildman–Crippen MR) is 97.9 cm³/mol. The molecule has 2 aromatic carbocycles. The van der Waals surface area contributed by atoms with Crippen LogP contribution in [0.15, 0.2) is 42.5 Å². The van der Waals surface area contributed by atoms with Crippen molar-refractivity contribution >= 4 is 40.7 Å². The molecule has 0 atom stereocenters. The van der Waals surface area contributed by atoms with Crippen LogP contribution in [0.2, 0.25) is 10.0 Å². The summed E-state index contributed by atoms with van der Waals surface area (Å²) in [5.41, 5.74) is 2.15. The predicted octanol–water partition coefficient (Wildman–Crippen LogP) is 4.27. The molecule has 0 unspecified atom stereocenters. The van der Waals surface area contributed by atoms with Crippen LogP contribution < -0.4 is 5.32 Å². The zero-order chi connectivity index (χ0) is 17.7. The van der Waals surface area contributed by atoms with Gasteiger partial charge in [-0.1, -0.05) is 48.3 Å². The van der Waals surface area contributed by atoms with E-state index in [2.05, 4.69) is 5.32 Å². The van der Waals surface area contributed by atoms with Crippen molar-refractivity contribution < 1.29 is 9.59 Å². The molecule has 2 amide bonds. The van der Waals surface area contributed by atoms with Gasteiger partial charge >= 0.3 is 0 Å². The second-order valence-corrected chi connectivity index (χ2v) is 6.25. The summed E-state index contributed by atoms with van der Waals surface area (Å²) in [7, 11) is 1.56. The van der Waals surface area contributed by atoms with Crippen molar-refractivity contribution in [2.45, 2.75) is 13.3 Å². The summed E-state index contributed by atoms with van der Waals surface area (Å²) in [6.45, 7) is 1.95. The van der Waals surface area contributed by atoms with Gasteiger partial charge in [-0.15, -0.1) is 0 Å². The van der Waals surface area contributed by atoms with Gasteiger partial charge in [0.1, 0.15) is 0 Å². The number of carbonyl (C=O) groups is 2. The molecule has 0 fully saturated rings. The van der Waals surface area contributed by atoms with Gasteiger partial charge in [-0.2, -0.15) is 0 Å². The number of likely N-dealkylation sites (N-methyl/N-ethyl adjacent to an activating group) is 1. The van der Waals surface area contributed by atoms with E-state index in [0.717, 1.165) is 17.7 Å². The molecule has 0 saturated heterocycles. The van der Waals surface area contributed by atoms with Crippen molar-refractivity contribution in [3.05, 3.63) is 63.6 Å². The molecule has 2 aromatic rings. The van der Waals surface area contributed by atoms with E-state index in [4.69, 9.17) is 23.2 Å². The fraction of sp³-hybridized carbons (Fsp3) is 0.222. The van der Waals surface area contributed by atoms with E-state index in [0.29, 0.717) is 15.6 Å². The van der Waals surface area contributed by atoms with Crippen LogP contribution in [0, 0.1) is 0 Å². The van der Waals surface area contributed by atoms with E-state index >= 15 is 0 Å². The lowest BCUT2D eigenvalue weighted by molar-refractivity contribution is -0.116. The maximum atomic E-state index is 12.4. The Hall–Kier alpha value is -2.04. The van der Waals surface area contributed by atoms with Gasteiger partial charge in [0.15, 0.2) is 0 Å². The average Bonchev–Trinajstić information content (AvgIpc) is 2.53. The van der Waals surface area contributed by atoms with Crippen molar-refractivity contribution in [2.24, 2.45) is 0 Å². The third-order valence-electron chi connectivity index (χ3n) is 3.51. The van der Waals surface area contributed by atoms with Crippen LogP contribution in [-0.4, -0.2) is 30.3 Å². The number of nitrogens with zero attached hydrogens (tertiary/aromatic N) is 1. The Bertz CT molecular complexity index is 742. The van der Waals surface area contributed by atoms with Crippen LogP contribution in [0.4, 0.5) is 5.69 Å². The Morgan fingerprint density at radius 3 is 2.33 bits per heavy atom. The number of carbonyl (C=O) groups excluding carboxylic acids is 2. The first kappa shape index (κ1) is 18.3. The third-order valence-corrected chi connectivity index (χ3v) is 3.95. The number of aryl methyl sites for hydroxylation is 1. The molecular weight excluding hydrogens is 347 g/mol. The number of halogens is 2. The van der Waals surface area contributed by atoms with E-state index < -0.39 is 0 Å². The standard InChI is InChI=1S/C18H18Cl2N2O2/c1-3-12-6-4-5-7-16(12)21-17(23)11-22(2)18(24)13-8-14(19)10-15(20)9-13/h4-10H,3,11H2,1-2H3,(H,21,23). The minimum atomic E-state index is -0.321. The second-order valence-electron chi connectivity index (χ2n) is 5.38. The van der Waals surface area contributed by atoms with Gasteiger partial charge in [0.2, 0.25) is 5.91 Å². The van der Waals surface area contributed by atoms with E-state index in [1.54, 1.807) is 13.1 Å². The van der Waals surface area contributed by atoms with Crippen molar-refractivity contribution in [3.8, 4) is 0 Å². The van der Waals surface area contributed by atoms with Crippen LogP contribution in [0.3, 0.4) is 0 Å². The van der Waals surface area contributed by atoms with Crippen LogP contribution in [0.25, 0.3) is 0 Å². The van der Waals surface area contributed by atoms with Gasteiger partial charge in [-0.25, -0.2) is 0 Å². The van der Waals surface area contributed by atoms with E-state index in [-0.39, 0.29) is 18.4 Å². The minimum absolute atomic E-state index is 0.0684. The SMILES string of the molecule is CCc1ccccc1NC(=O)CN(C)C(=O)c1cc(Cl)cc(Cl)c1. The van der Waals surface area contributed by atoms with E-state index in [1.807, 2.05) is 31.2 Å². The Balaban J connectivity index is 2.04. The molecule has 0 aromatic heterocycles. The molecule has 6 heteroatoms. The maximum Gasteiger partial charge on any atom is 0.254 e. The third kappa shape index (κ3) is 4.73. The molecule has 126 valence electrons. The molecule has 0 heterocycles. The Labute approximate surface area is 151 Å². The number of hydrogen-bond donors (Lipinski definition) is 1. The molecule has 0 spiro atoms. The maximum absolute atomic E-state index is 12.4. The van der Waals surface area contributed by atoms with Gasteiger partial charge in [-0.3, -0.25) is 9.59 Å². The lowest BCUT2D eigenvalue weighted by atomic mass is 10.1. The minimum Gasteiger partial charge on any atom is -0.332 e. The van der Waals surface area contributed by atoms with Gasteiger partial charge < -0.3 is 10.2 Å². The number of benzene rings is 2. The topological polar surface area (TPSA) is 49.4 Å². The molecule has 4 nitrogen and oxygen atoms in total. The highest BCUT2D eigenvalue weighted by Crippen LogP contribution is 2.20. The molecule has 2 rings (SSSR count). The van der Waals surface area contributed by atoms with Crippen molar-refractivity contribution in [1.82, 2.24) is 4.90 Å². The van der Waals surface area contributed by atoms with E-state index in [1.165, 1.54) is 17.0 Å². The highest BCUT2D eigenvalue weighted by Gasteiger charge is 2.16. The molecule has 0 saturated carbocycles. The number of rotatable bonds is 5. The number of hydrogen-bond acceptors (Lipinski definition) is 2. The fourth-order valence-corrected chi connectivity index (χ4v) is 2.85. The smallest absolute Gasteiger partial charge is 0.254 e. The van der Waals surface area contributed by atoms with Crippen LogP contribution in [-0.2, 0) is 11.2 Å². The summed E-state index contributed by atoms with van der Waals surface area (Å²) < 4.78 is 0. The van der Waals surface area contributed by atoms with Crippen LogP contribution >= 0.6 is 23.2 Å². The highest BCUT2D eigenvalue weighted by molar-refractivity contribution is 6.35. The molecule has 24 heavy (non-hydrogen) atoms. The van der Waals surface area contributed by atoms with Crippen molar-refractivity contribution in [2.75, 3.05) is 18.9 Å². The largest absolute Gasteiger partial charge is 0.332 e. The molecule has 1 N–H and O–H groups in total. The van der Waals surface area contributed by atoms with Crippen molar-refractivity contribution in [3.63, 3.8) is 0 Å².